The van der Waals surface area contributed by atoms with Gasteiger partial charge in [-0.2, -0.15) is 13.2 Å². The zero-order valence-corrected chi connectivity index (χ0v) is 25.1. The average Bonchev–Trinajstić information content (AvgIpc) is 3.50. The highest BCUT2D eigenvalue weighted by molar-refractivity contribution is 8.00. The zero-order valence-electron chi connectivity index (χ0n) is 23.4. The number of fused-ring (bicyclic) bond motifs is 2. The van der Waals surface area contributed by atoms with E-state index in [1.54, 1.807) is 49.4 Å². The maximum atomic E-state index is 13.9. The number of hydrogen-bond acceptors (Lipinski definition) is 8. The minimum atomic E-state index is -4.67. The van der Waals surface area contributed by atoms with Crippen LogP contribution in [0.2, 0.25) is 0 Å². The van der Waals surface area contributed by atoms with Crippen molar-refractivity contribution in [3.8, 4) is 11.5 Å². The molecule has 3 heterocycles. The number of amides is 3. The molecular formula is C31H24F3N3O6S2. The second kappa shape index (κ2) is 12.1. The van der Waals surface area contributed by atoms with Crippen LogP contribution in [0.5, 0.6) is 11.5 Å². The summed E-state index contributed by atoms with van der Waals surface area (Å²) in [5.74, 6) is -3.03. The summed E-state index contributed by atoms with van der Waals surface area (Å²) < 4.78 is 52.0. The molecule has 0 bridgehead atoms. The van der Waals surface area contributed by atoms with Crippen molar-refractivity contribution in [1.82, 2.24) is 4.98 Å². The molecule has 0 radical (unpaired) electrons. The van der Waals surface area contributed by atoms with Gasteiger partial charge in [-0.1, -0.05) is 53.4 Å². The van der Waals surface area contributed by atoms with Gasteiger partial charge in [0.2, 0.25) is 11.8 Å². The van der Waals surface area contributed by atoms with Crippen molar-refractivity contribution in [2.24, 2.45) is 5.92 Å². The summed E-state index contributed by atoms with van der Waals surface area (Å²) in [6.45, 7) is 1.68. The van der Waals surface area contributed by atoms with Crippen LogP contribution in [0, 0.1) is 5.92 Å². The molecule has 3 amide bonds. The first kappa shape index (κ1) is 30.5. The lowest BCUT2D eigenvalue weighted by molar-refractivity contribution is -0.137. The number of thiazole rings is 1. The van der Waals surface area contributed by atoms with E-state index in [4.69, 9.17) is 9.47 Å². The van der Waals surface area contributed by atoms with Gasteiger partial charge in [-0.25, -0.2) is 4.90 Å². The lowest BCUT2D eigenvalue weighted by Crippen LogP contribution is -2.32. The molecule has 1 saturated heterocycles. The van der Waals surface area contributed by atoms with E-state index in [0.717, 1.165) is 46.2 Å². The predicted octanol–water partition coefficient (Wildman–Crippen LogP) is 5.67. The Balaban J connectivity index is 1.33. The van der Waals surface area contributed by atoms with Crippen LogP contribution >= 0.6 is 23.1 Å². The maximum absolute atomic E-state index is 13.9. The van der Waals surface area contributed by atoms with Crippen molar-refractivity contribution in [3.63, 3.8) is 0 Å². The number of benzene rings is 3. The fourth-order valence-electron chi connectivity index (χ4n) is 5.42. The van der Waals surface area contributed by atoms with Crippen molar-refractivity contribution < 1.29 is 37.0 Å². The van der Waals surface area contributed by atoms with Gasteiger partial charge >= 0.3 is 11.0 Å². The fourth-order valence-corrected chi connectivity index (χ4v) is 7.93. The smallest absolute Gasteiger partial charge is 0.416 e. The van der Waals surface area contributed by atoms with E-state index in [1.807, 2.05) is 6.07 Å². The minimum Gasteiger partial charge on any atom is -0.490 e. The minimum absolute atomic E-state index is 0.182. The van der Waals surface area contributed by atoms with Crippen LogP contribution in [0.4, 0.5) is 24.5 Å². The molecule has 0 unspecified atom stereocenters. The Bertz CT molecular complexity index is 1840. The number of aromatic nitrogens is 1. The van der Waals surface area contributed by atoms with Crippen LogP contribution in [-0.2, 0) is 20.6 Å². The van der Waals surface area contributed by atoms with Crippen LogP contribution < -0.4 is 24.6 Å². The van der Waals surface area contributed by atoms with Gasteiger partial charge in [0, 0.05) is 16.5 Å². The van der Waals surface area contributed by atoms with E-state index in [0.29, 0.717) is 21.2 Å². The maximum Gasteiger partial charge on any atom is 0.416 e. The summed E-state index contributed by atoms with van der Waals surface area (Å²) in [5, 5.41) is 2.15. The van der Waals surface area contributed by atoms with Gasteiger partial charge in [0.15, 0.2) is 18.1 Å². The number of rotatable bonds is 8. The van der Waals surface area contributed by atoms with Crippen LogP contribution in [0.1, 0.15) is 28.8 Å². The SMILES string of the molecule is CCOc1cc([C@@H]2c3sc(=O)[nH]c3S[C@H]3C(=O)N(c4cccc(C(F)(F)F)c4)C(=O)[C@@H]23)ccc1OCC(=O)Nc1ccccc1. The number of H-pyrrole nitrogens is 1. The highest BCUT2D eigenvalue weighted by Crippen LogP contribution is 2.54. The predicted molar refractivity (Wildman–Crippen MR) is 162 cm³/mol. The number of anilines is 2. The van der Waals surface area contributed by atoms with Gasteiger partial charge in [0.1, 0.15) is 5.25 Å². The van der Waals surface area contributed by atoms with E-state index in [1.165, 1.54) is 6.07 Å². The van der Waals surface area contributed by atoms with E-state index in [2.05, 4.69) is 10.3 Å². The lowest BCUT2D eigenvalue weighted by atomic mass is 9.83. The van der Waals surface area contributed by atoms with Crippen LogP contribution in [0.3, 0.4) is 0 Å². The second-order valence-electron chi connectivity index (χ2n) is 10.2. The molecule has 0 saturated carbocycles. The topological polar surface area (TPSA) is 118 Å². The molecule has 2 N–H and O–H groups in total. The Morgan fingerprint density at radius 3 is 2.47 bits per heavy atom. The highest BCUT2D eigenvalue weighted by atomic mass is 32.2. The molecule has 6 rings (SSSR count). The van der Waals surface area contributed by atoms with Gasteiger partial charge < -0.3 is 19.8 Å². The first-order chi connectivity index (χ1) is 21.5. The molecule has 45 heavy (non-hydrogen) atoms. The fraction of sp³-hybridized carbons (Fsp3) is 0.226. The number of imide groups is 1. The number of hydrogen-bond donors (Lipinski definition) is 2. The molecule has 0 spiro atoms. The lowest BCUT2D eigenvalue weighted by Gasteiger charge is -2.30. The molecular weight excluding hydrogens is 631 g/mol. The number of alkyl halides is 3. The summed E-state index contributed by atoms with van der Waals surface area (Å²) in [6, 6.07) is 17.8. The molecule has 2 aliphatic heterocycles. The molecule has 1 fully saturated rings. The number of ether oxygens (including phenoxy) is 2. The third-order valence-electron chi connectivity index (χ3n) is 7.30. The summed E-state index contributed by atoms with van der Waals surface area (Å²) >= 11 is 1.92. The Labute approximate surface area is 262 Å². The largest absolute Gasteiger partial charge is 0.490 e. The Kier molecular flexibility index (Phi) is 8.18. The van der Waals surface area contributed by atoms with Gasteiger partial charge in [0.05, 0.1) is 28.8 Å². The number of para-hydroxylation sites is 1. The standard InChI is InChI=1S/C31H24F3N3O6S2/c1-2-42-21-13-16(11-12-20(21)43-15-22(38)35-18-8-4-3-5-9-18)23-24-26(44-27-25(23)45-30(41)36-27)29(40)37(28(24)39)19-10-6-7-17(14-19)31(32,33)34/h3-14,23-24,26H,2,15H2,1H3,(H,35,38)(H,36,41)/t23-,24-,26+/m0/s1. The van der Waals surface area contributed by atoms with Gasteiger partial charge in [-0.3, -0.25) is 19.2 Å². The average molecular weight is 656 g/mol. The molecule has 3 aromatic carbocycles. The van der Waals surface area contributed by atoms with Crippen LogP contribution in [0.15, 0.2) is 82.6 Å². The Morgan fingerprint density at radius 2 is 1.73 bits per heavy atom. The molecule has 1 aromatic heterocycles. The molecule has 14 heteroatoms. The summed E-state index contributed by atoms with van der Waals surface area (Å²) in [7, 11) is 0. The number of halogens is 3. The van der Waals surface area contributed by atoms with E-state index in [-0.39, 0.29) is 35.3 Å². The normalized spacial score (nSPS) is 19.2. The number of aromatic amines is 1. The van der Waals surface area contributed by atoms with E-state index < -0.39 is 46.5 Å². The van der Waals surface area contributed by atoms with Crippen LogP contribution in [0.25, 0.3) is 0 Å². The van der Waals surface area contributed by atoms with Crippen molar-refractivity contribution in [3.05, 3.63) is 98.5 Å². The molecule has 3 atom stereocenters. The molecule has 232 valence electrons. The van der Waals surface area contributed by atoms with Crippen molar-refractivity contribution in [2.75, 3.05) is 23.4 Å². The van der Waals surface area contributed by atoms with Crippen molar-refractivity contribution >= 4 is 52.2 Å². The summed E-state index contributed by atoms with van der Waals surface area (Å²) in [6.07, 6.45) is -4.67. The summed E-state index contributed by atoms with van der Waals surface area (Å²) in [5.41, 5.74) is -0.0405. The second-order valence-corrected chi connectivity index (χ2v) is 12.3. The van der Waals surface area contributed by atoms with Gasteiger partial charge in [-0.15, -0.1) is 0 Å². The number of nitrogens with zero attached hydrogens (tertiary/aromatic N) is 1. The number of carbonyl (C=O) groups excluding carboxylic acids is 3. The van der Waals surface area contributed by atoms with E-state index >= 15 is 0 Å². The van der Waals surface area contributed by atoms with Gasteiger partial charge in [0.25, 0.3) is 5.91 Å². The summed E-state index contributed by atoms with van der Waals surface area (Å²) in [4.78, 5) is 56.2. The molecule has 2 aliphatic rings. The molecule has 4 aromatic rings. The first-order valence-electron chi connectivity index (χ1n) is 13.7. The van der Waals surface area contributed by atoms with Gasteiger partial charge in [-0.05, 0) is 55.0 Å². The number of thioether (sulfide) groups is 1. The number of carbonyl (C=O) groups is 3. The Morgan fingerprint density at radius 1 is 0.956 bits per heavy atom. The van der Waals surface area contributed by atoms with Crippen molar-refractivity contribution in [1.29, 1.82) is 0 Å². The van der Waals surface area contributed by atoms with Crippen molar-refractivity contribution in [2.45, 2.75) is 29.3 Å². The third-order valence-corrected chi connectivity index (χ3v) is 9.70. The van der Waals surface area contributed by atoms with E-state index in [9.17, 15) is 32.3 Å². The monoisotopic (exact) mass is 655 g/mol. The third kappa shape index (κ3) is 5.94. The first-order valence-corrected chi connectivity index (χ1v) is 15.4. The number of nitrogens with one attached hydrogen (secondary N) is 2. The van der Waals surface area contributed by atoms with Crippen LogP contribution in [-0.4, -0.2) is 41.2 Å². The zero-order chi connectivity index (χ0) is 31.9. The Hall–Kier alpha value is -4.56. The quantitative estimate of drug-likeness (QED) is 0.235. The highest BCUT2D eigenvalue weighted by Gasteiger charge is 2.56. The molecule has 0 aliphatic carbocycles. The molecule has 9 nitrogen and oxygen atoms in total.